The van der Waals surface area contributed by atoms with E-state index in [9.17, 15) is 13.6 Å². The number of hydrogen-bond acceptors (Lipinski definition) is 3. The fourth-order valence-electron chi connectivity index (χ4n) is 2.35. The molecule has 4 nitrogen and oxygen atoms in total. The van der Waals surface area contributed by atoms with Gasteiger partial charge in [-0.15, -0.1) is 0 Å². The van der Waals surface area contributed by atoms with Crippen LogP contribution in [0.1, 0.15) is 18.9 Å². The first-order valence-electron chi connectivity index (χ1n) is 7.03. The van der Waals surface area contributed by atoms with E-state index in [1.807, 2.05) is 6.92 Å². The Morgan fingerprint density at radius 2 is 2.24 bits per heavy atom. The lowest BCUT2D eigenvalue weighted by Crippen LogP contribution is -2.54. The summed E-state index contributed by atoms with van der Waals surface area (Å²) in [6.45, 7) is 5.09. The maximum absolute atomic E-state index is 13.9. The molecule has 0 aliphatic carbocycles. The van der Waals surface area contributed by atoms with Gasteiger partial charge in [0.1, 0.15) is 5.75 Å². The molecule has 6 heteroatoms. The second kappa shape index (κ2) is 6.39. The Hall–Kier alpha value is -1.69. The van der Waals surface area contributed by atoms with Gasteiger partial charge in [-0.05, 0) is 50.0 Å². The van der Waals surface area contributed by atoms with Crippen molar-refractivity contribution in [2.45, 2.75) is 32.4 Å². The molecule has 0 spiro atoms. The van der Waals surface area contributed by atoms with Gasteiger partial charge in [-0.3, -0.25) is 4.79 Å². The van der Waals surface area contributed by atoms with E-state index in [1.54, 1.807) is 19.1 Å². The molecule has 1 amide bonds. The highest BCUT2D eigenvalue weighted by molar-refractivity contribution is 5.82. The number of halogens is 2. The number of piperidine rings is 1. The largest absolute Gasteiger partial charge is 0.482 e. The van der Waals surface area contributed by atoms with Crippen molar-refractivity contribution in [2.75, 3.05) is 13.1 Å². The predicted octanol–water partition coefficient (Wildman–Crippen LogP) is 2.08. The third kappa shape index (κ3) is 4.14. The number of aryl methyl sites for hydroxylation is 1. The summed E-state index contributed by atoms with van der Waals surface area (Å²) in [6.07, 6.45) is -3.24. The number of nitrogens with one attached hydrogen (secondary N) is 2. The number of carbonyl (C=O) groups is 1. The summed E-state index contributed by atoms with van der Waals surface area (Å²) < 4.78 is 32.3. The van der Waals surface area contributed by atoms with Gasteiger partial charge in [0, 0.05) is 6.04 Å². The second-order valence-corrected chi connectivity index (χ2v) is 5.49. The summed E-state index contributed by atoms with van der Waals surface area (Å²) in [6, 6.07) is 5.98. The quantitative estimate of drug-likeness (QED) is 0.895. The first-order chi connectivity index (χ1) is 9.88. The molecule has 1 aliphatic rings. The third-order valence-electron chi connectivity index (χ3n) is 3.60. The van der Waals surface area contributed by atoms with E-state index in [-0.39, 0.29) is 17.7 Å². The number of carbonyl (C=O) groups excluding carboxylic acids is 1. The maximum Gasteiger partial charge on any atom is 0.482 e. The molecule has 1 heterocycles. The van der Waals surface area contributed by atoms with Gasteiger partial charge in [-0.1, -0.05) is 19.1 Å². The summed E-state index contributed by atoms with van der Waals surface area (Å²) in [7, 11) is 0. The zero-order chi connectivity index (χ0) is 15.5. The molecule has 0 unspecified atom stereocenters. The van der Waals surface area contributed by atoms with Crippen molar-refractivity contribution in [1.29, 1.82) is 0 Å². The Kier molecular flexibility index (Phi) is 4.77. The molecule has 116 valence electrons. The molecule has 2 rings (SSSR count). The van der Waals surface area contributed by atoms with Crippen LogP contribution in [0, 0.1) is 12.8 Å². The van der Waals surface area contributed by atoms with E-state index in [0.717, 1.165) is 5.56 Å². The van der Waals surface area contributed by atoms with E-state index < -0.39 is 12.0 Å². The van der Waals surface area contributed by atoms with Crippen LogP contribution in [0.15, 0.2) is 24.3 Å². The summed E-state index contributed by atoms with van der Waals surface area (Å²) >= 11 is 0. The van der Waals surface area contributed by atoms with Gasteiger partial charge in [0.25, 0.3) is 0 Å². The fraction of sp³-hybridized carbons (Fsp3) is 0.533. The summed E-state index contributed by atoms with van der Waals surface area (Å²) in [4.78, 5) is 11.8. The van der Waals surface area contributed by atoms with Crippen LogP contribution in [0.3, 0.4) is 0 Å². The highest BCUT2D eigenvalue weighted by Gasteiger charge is 2.43. The smallest absolute Gasteiger partial charge is 0.425 e. The zero-order valence-corrected chi connectivity index (χ0v) is 12.2. The van der Waals surface area contributed by atoms with Crippen molar-refractivity contribution in [1.82, 2.24) is 10.6 Å². The average molecular weight is 298 g/mol. The summed E-state index contributed by atoms with van der Waals surface area (Å²) in [5, 5.41) is 5.54. The first-order valence-corrected chi connectivity index (χ1v) is 7.03. The second-order valence-electron chi connectivity index (χ2n) is 5.49. The summed E-state index contributed by atoms with van der Waals surface area (Å²) in [5.74, 6) is -1.30. The van der Waals surface area contributed by atoms with Crippen molar-refractivity contribution in [3.8, 4) is 5.75 Å². The number of alkyl halides is 2. The molecule has 0 radical (unpaired) electrons. The maximum atomic E-state index is 13.9. The van der Waals surface area contributed by atoms with E-state index in [2.05, 4.69) is 15.4 Å². The minimum atomic E-state index is -3.88. The molecule has 1 aromatic carbocycles. The van der Waals surface area contributed by atoms with E-state index in [4.69, 9.17) is 0 Å². The van der Waals surface area contributed by atoms with Gasteiger partial charge < -0.3 is 15.4 Å². The normalized spacial score (nSPS) is 22.7. The van der Waals surface area contributed by atoms with Gasteiger partial charge >= 0.3 is 12.0 Å². The molecular weight excluding hydrogens is 278 g/mol. The van der Waals surface area contributed by atoms with Crippen LogP contribution in [-0.4, -0.2) is 31.1 Å². The standard InChI is InChI=1S/C15H20F2N2O2/c1-10-4-3-5-12(8-10)21-15(16,17)14(20)19-13-6-7-18-9-11(13)2/h3-5,8,11,13,18H,6-7,9H2,1-2H3,(H,19,20)/t11-,13-/m0/s1. The van der Waals surface area contributed by atoms with Gasteiger partial charge in [-0.2, -0.15) is 8.78 Å². The molecule has 0 bridgehead atoms. The first kappa shape index (κ1) is 15.7. The molecule has 21 heavy (non-hydrogen) atoms. The van der Waals surface area contributed by atoms with Crippen LogP contribution in [0.5, 0.6) is 5.75 Å². The number of hydrogen-bond donors (Lipinski definition) is 2. The summed E-state index contributed by atoms with van der Waals surface area (Å²) in [5.41, 5.74) is 0.788. The Labute approximate surface area is 122 Å². The minimum Gasteiger partial charge on any atom is -0.425 e. The van der Waals surface area contributed by atoms with Crippen LogP contribution in [0.25, 0.3) is 0 Å². The monoisotopic (exact) mass is 298 g/mol. The molecule has 0 saturated carbocycles. The number of rotatable bonds is 4. The lowest BCUT2D eigenvalue weighted by atomic mass is 9.95. The van der Waals surface area contributed by atoms with Gasteiger partial charge in [0.05, 0.1) is 0 Å². The molecule has 1 aromatic rings. The van der Waals surface area contributed by atoms with Crippen molar-refractivity contribution in [2.24, 2.45) is 5.92 Å². The topological polar surface area (TPSA) is 50.4 Å². The van der Waals surface area contributed by atoms with Gasteiger partial charge in [0.15, 0.2) is 0 Å². The van der Waals surface area contributed by atoms with Crippen LogP contribution in [0.2, 0.25) is 0 Å². The van der Waals surface area contributed by atoms with Crippen LogP contribution in [0.4, 0.5) is 8.78 Å². The zero-order valence-electron chi connectivity index (χ0n) is 12.2. The van der Waals surface area contributed by atoms with Gasteiger partial charge in [0.2, 0.25) is 0 Å². The van der Waals surface area contributed by atoms with Crippen LogP contribution < -0.4 is 15.4 Å². The van der Waals surface area contributed by atoms with E-state index in [1.165, 1.54) is 12.1 Å². The van der Waals surface area contributed by atoms with Crippen LogP contribution >= 0.6 is 0 Å². The highest BCUT2D eigenvalue weighted by atomic mass is 19.3. The van der Waals surface area contributed by atoms with Crippen molar-refractivity contribution in [3.63, 3.8) is 0 Å². The third-order valence-corrected chi connectivity index (χ3v) is 3.60. The number of ether oxygens (including phenoxy) is 1. The van der Waals surface area contributed by atoms with Crippen molar-refractivity contribution in [3.05, 3.63) is 29.8 Å². The minimum absolute atomic E-state index is 0.0199. The number of benzene rings is 1. The van der Waals surface area contributed by atoms with Crippen molar-refractivity contribution >= 4 is 5.91 Å². The fourth-order valence-corrected chi connectivity index (χ4v) is 2.35. The van der Waals surface area contributed by atoms with Crippen LogP contribution in [-0.2, 0) is 4.79 Å². The molecule has 2 N–H and O–H groups in total. The lowest BCUT2D eigenvalue weighted by molar-refractivity contribution is -0.194. The molecule has 2 atom stereocenters. The SMILES string of the molecule is Cc1cccc(OC(F)(F)C(=O)N[C@H]2CCNC[C@@H]2C)c1. The van der Waals surface area contributed by atoms with Gasteiger partial charge in [-0.25, -0.2) is 0 Å². The molecular formula is C15H20F2N2O2. The number of amides is 1. The average Bonchev–Trinajstić information content (AvgIpc) is 2.40. The molecule has 0 aromatic heterocycles. The Morgan fingerprint density at radius 3 is 2.90 bits per heavy atom. The highest BCUT2D eigenvalue weighted by Crippen LogP contribution is 2.23. The van der Waals surface area contributed by atoms with E-state index >= 15 is 0 Å². The Bertz CT molecular complexity index is 508. The lowest BCUT2D eigenvalue weighted by Gasteiger charge is -2.31. The van der Waals surface area contributed by atoms with Crippen molar-refractivity contribution < 1.29 is 18.3 Å². The predicted molar refractivity (Wildman–Crippen MR) is 75.3 cm³/mol. The Balaban J connectivity index is 1.99. The molecule has 1 fully saturated rings. The Morgan fingerprint density at radius 1 is 1.48 bits per heavy atom. The van der Waals surface area contributed by atoms with E-state index in [0.29, 0.717) is 19.5 Å². The molecule has 1 saturated heterocycles. The molecule has 1 aliphatic heterocycles.